The van der Waals surface area contributed by atoms with Gasteiger partial charge in [0.1, 0.15) is 0 Å². The summed E-state index contributed by atoms with van der Waals surface area (Å²) in [6.45, 7) is 7.74. The summed E-state index contributed by atoms with van der Waals surface area (Å²) in [5, 5.41) is 12.8. The molecule has 0 saturated heterocycles. The van der Waals surface area contributed by atoms with Crippen molar-refractivity contribution in [3.63, 3.8) is 0 Å². The number of carboxylic acids is 1. The van der Waals surface area contributed by atoms with Gasteiger partial charge in [-0.3, -0.25) is 14.5 Å². The number of hydrogen-bond acceptors (Lipinski definition) is 7. The molecule has 36 heavy (non-hydrogen) atoms. The van der Waals surface area contributed by atoms with Crippen molar-refractivity contribution in [1.29, 1.82) is 0 Å². The van der Waals surface area contributed by atoms with Gasteiger partial charge in [-0.25, -0.2) is 13.4 Å². The number of sulfone groups is 1. The third-order valence-corrected chi connectivity index (χ3v) is 10.1. The first kappa shape index (κ1) is 26.8. The van der Waals surface area contributed by atoms with E-state index in [4.69, 9.17) is 4.98 Å². The van der Waals surface area contributed by atoms with E-state index >= 15 is 0 Å². The molecule has 10 heteroatoms. The van der Waals surface area contributed by atoms with Crippen LogP contribution in [0.3, 0.4) is 0 Å². The van der Waals surface area contributed by atoms with Gasteiger partial charge in [0.2, 0.25) is 5.91 Å². The normalized spacial score (nSPS) is 22.5. The maximum absolute atomic E-state index is 12.6. The lowest BCUT2D eigenvalue weighted by Crippen LogP contribution is -2.33. The van der Waals surface area contributed by atoms with Gasteiger partial charge < -0.3 is 10.4 Å². The smallest absolute Gasteiger partial charge is 0.306 e. The highest BCUT2D eigenvalue weighted by atomic mass is 32.2. The van der Waals surface area contributed by atoms with Crippen molar-refractivity contribution in [2.75, 3.05) is 17.6 Å². The molecule has 196 valence electrons. The minimum Gasteiger partial charge on any atom is -0.481 e. The number of carbonyl (C=O) groups is 2. The van der Waals surface area contributed by atoms with E-state index in [0.29, 0.717) is 17.0 Å². The number of aliphatic carboxylic acids is 1. The topological polar surface area (TPSA) is 117 Å². The minimum absolute atomic E-state index is 0.0438. The molecule has 1 aromatic carbocycles. The standard InChI is InChI=1S/C26H35N3O5S2/c1-4-36(33,34)20-11-7-17(8-12-20)13-22(30)27-26-28-23-21(35-26)15-29(24(23)16(2)3)14-18-5-9-19(10-6-18)25(31)32/h7-8,11-12,16,18-19,24H,4-6,9-10,13-15H2,1-3H3,(H,31,32)(H,27,28,30). The predicted octanol–water partition coefficient (Wildman–Crippen LogP) is 4.52. The molecule has 1 aromatic heterocycles. The number of anilines is 1. The number of nitrogens with one attached hydrogen (secondary N) is 1. The highest BCUT2D eigenvalue weighted by molar-refractivity contribution is 7.91. The number of thiazole rings is 1. The molecule has 1 unspecified atom stereocenters. The van der Waals surface area contributed by atoms with Crippen LogP contribution in [-0.2, 0) is 32.4 Å². The van der Waals surface area contributed by atoms with Gasteiger partial charge in [0.25, 0.3) is 0 Å². The van der Waals surface area contributed by atoms with E-state index in [9.17, 15) is 23.1 Å². The van der Waals surface area contributed by atoms with E-state index in [1.165, 1.54) is 16.2 Å². The van der Waals surface area contributed by atoms with Gasteiger partial charge in [-0.05, 0) is 55.2 Å². The van der Waals surface area contributed by atoms with E-state index in [1.54, 1.807) is 31.2 Å². The molecule has 1 saturated carbocycles. The highest BCUT2D eigenvalue weighted by Crippen LogP contribution is 2.43. The third kappa shape index (κ3) is 5.98. The van der Waals surface area contributed by atoms with Gasteiger partial charge in [0, 0.05) is 18.0 Å². The number of hydrogen-bond donors (Lipinski definition) is 2. The summed E-state index contributed by atoms with van der Waals surface area (Å²) in [6.07, 6.45) is 3.56. The molecule has 1 fully saturated rings. The van der Waals surface area contributed by atoms with Crippen LogP contribution in [0.15, 0.2) is 29.2 Å². The SMILES string of the molecule is CCS(=O)(=O)c1ccc(CC(=O)Nc2nc3c(s2)CN(CC2CCC(C(=O)O)CC2)C3C(C)C)cc1. The van der Waals surface area contributed by atoms with Gasteiger partial charge in [0.05, 0.1) is 34.7 Å². The molecule has 1 atom stereocenters. The molecule has 4 rings (SSSR count). The maximum Gasteiger partial charge on any atom is 0.306 e. The largest absolute Gasteiger partial charge is 0.481 e. The molecule has 8 nitrogen and oxygen atoms in total. The van der Waals surface area contributed by atoms with Crippen LogP contribution in [0.5, 0.6) is 0 Å². The minimum atomic E-state index is -3.26. The van der Waals surface area contributed by atoms with Crippen molar-refractivity contribution in [1.82, 2.24) is 9.88 Å². The lowest BCUT2D eigenvalue weighted by atomic mass is 9.81. The Balaban J connectivity index is 1.36. The number of aromatic nitrogens is 1. The molecular formula is C26H35N3O5S2. The molecule has 1 amide bonds. The fraction of sp³-hybridized carbons (Fsp3) is 0.577. The number of benzene rings is 1. The Labute approximate surface area is 217 Å². The van der Waals surface area contributed by atoms with Crippen LogP contribution in [-0.4, -0.2) is 47.6 Å². The molecule has 2 aliphatic rings. The second kappa shape index (κ2) is 11.0. The first-order chi connectivity index (χ1) is 17.1. The van der Waals surface area contributed by atoms with Gasteiger partial charge in [-0.2, -0.15) is 0 Å². The Morgan fingerprint density at radius 1 is 1.17 bits per heavy atom. The average molecular weight is 534 g/mol. The Hall–Kier alpha value is -2.30. The molecule has 0 spiro atoms. The van der Waals surface area contributed by atoms with Crippen LogP contribution in [0, 0.1) is 17.8 Å². The van der Waals surface area contributed by atoms with Gasteiger partial charge in [-0.1, -0.05) is 32.9 Å². The molecular weight excluding hydrogens is 498 g/mol. The molecule has 1 aliphatic heterocycles. The van der Waals surface area contributed by atoms with Crippen molar-refractivity contribution in [2.45, 2.75) is 70.4 Å². The van der Waals surface area contributed by atoms with E-state index in [2.05, 4.69) is 24.1 Å². The van der Waals surface area contributed by atoms with Crippen LogP contribution in [0.1, 0.15) is 68.6 Å². The molecule has 0 bridgehead atoms. The van der Waals surface area contributed by atoms with E-state index in [-0.39, 0.29) is 34.9 Å². The molecule has 2 aromatic rings. The zero-order valence-electron chi connectivity index (χ0n) is 21.1. The molecule has 1 aliphatic carbocycles. The van der Waals surface area contributed by atoms with Crippen LogP contribution < -0.4 is 5.32 Å². The van der Waals surface area contributed by atoms with Crippen molar-refractivity contribution in [3.8, 4) is 0 Å². The van der Waals surface area contributed by atoms with Gasteiger partial charge in [0.15, 0.2) is 15.0 Å². The summed E-state index contributed by atoms with van der Waals surface area (Å²) in [7, 11) is -3.26. The van der Waals surface area contributed by atoms with Crippen molar-refractivity contribution in [3.05, 3.63) is 40.4 Å². The first-order valence-corrected chi connectivity index (χ1v) is 15.1. The summed E-state index contributed by atoms with van der Waals surface area (Å²) in [4.78, 5) is 32.6. The first-order valence-electron chi connectivity index (χ1n) is 12.6. The highest BCUT2D eigenvalue weighted by Gasteiger charge is 2.38. The Kier molecular flexibility index (Phi) is 8.16. The molecule has 0 radical (unpaired) electrons. The number of amides is 1. The van der Waals surface area contributed by atoms with Crippen molar-refractivity contribution >= 4 is 38.2 Å². The number of nitrogens with zero attached hydrogens (tertiary/aromatic N) is 2. The van der Waals surface area contributed by atoms with Crippen LogP contribution in [0.25, 0.3) is 0 Å². The number of fused-ring (bicyclic) bond motifs is 1. The maximum atomic E-state index is 12.6. The zero-order chi connectivity index (χ0) is 26.0. The zero-order valence-corrected chi connectivity index (χ0v) is 22.7. The average Bonchev–Trinajstić information content (AvgIpc) is 3.35. The van der Waals surface area contributed by atoms with E-state index in [0.717, 1.165) is 50.0 Å². The number of carboxylic acid groups (broad SMARTS) is 1. The lowest BCUT2D eigenvalue weighted by Gasteiger charge is -2.34. The number of rotatable bonds is 9. The number of carbonyl (C=O) groups excluding carboxylic acids is 1. The summed E-state index contributed by atoms with van der Waals surface area (Å²) < 4.78 is 24.0. The summed E-state index contributed by atoms with van der Waals surface area (Å²) >= 11 is 1.52. The van der Waals surface area contributed by atoms with Crippen molar-refractivity contribution < 1.29 is 23.1 Å². The summed E-state index contributed by atoms with van der Waals surface area (Å²) in [6, 6.07) is 6.65. The molecule has 2 N–H and O–H groups in total. The van der Waals surface area contributed by atoms with Crippen molar-refractivity contribution in [2.24, 2.45) is 17.8 Å². The fourth-order valence-electron chi connectivity index (χ4n) is 5.39. The molecule has 2 heterocycles. The quantitative estimate of drug-likeness (QED) is 0.487. The Bertz CT molecular complexity index is 1200. The Morgan fingerprint density at radius 3 is 2.42 bits per heavy atom. The third-order valence-electron chi connectivity index (χ3n) is 7.34. The fourth-order valence-corrected chi connectivity index (χ4v) is 7.31. The van der Waals surface area contributed by atoms with Crippen LogP contribution >= 0.6 is 11.3 Å². The summed E-state index contributed by atoms with van der Waals surface area (Å²) in [5.74, 6) is -0.127. The monoisotopic (exact) mass is 533 g/mol. The Morgan fingerprint density at radius 2 is 1.83 bits per heavy atom. The second-order valence-corrected chi connectivity index (χ2v) is 13.6. The van der Waals surface area contributed by atoms with E-state index in [1.807, 2.05) is 0 Å². The summed E-state index contributed by atoms with van der Waals surface area (Å²) in [5.41, 5.74) is 1.79. The second-order valence-electron chi connectivity index (χ2n) is 10.3. The lowest BCUT2D eigenvalue weighted by molar-refractivity contribution is -0.143. The van der Waals surface area contributed by atoms with Gasteiger partial charge in [-0.15, -0.1) is 11.3 Å². The van der Waals surface area contributed by atoms with Gasteiger partial charge >= 0.3 is 5.97 Å². The van der Waals surface area contributed by atoms with Crippen LogP contribution in [0.4, 0.5) is 5.13 Å². The van der Waals surface area contributed by atoms with E-state index < -0.39 is 15.8 Å². The predicted molar refractivity (Wildman–Crippen MR) is 140 cm³/mol. The van der Waals surface area contributed by atoms with Crippen LogP contribution in [0.2, 0.25) is 0 Å².